The van der Waals surface area contributed by atoms with Crippen LogP contribution in [-0.2, 0) is 16.1 Å². The zero-order valence-electron chi connectivity index (χ0n) is 11.6. The Morgan fingerprint density at radius 2 is 2.35 bits per heavy atom. The zero-order chi connectivity index (χ0) is 14.5. The molecule has 0 radical (unpaired) electrons. The Bertz CT molecular complexity index is 482. The highest BCUT2D eigenvalue weighted by Gasteiger charge is 2.25. The molecular weight excluding hydrogens is 262 g/mol. The van der Waals surface area contributed by atoms with Crippen molar-refractivity contribution in [1.82, 2.24) is 15.3 Å². The number of hydrogen-bond acceptors (Lipinski definition) is 7. The molecular formula is C12H19N5O3. The van der Waals surface area contributed by atoms with Gasteiger partial charge < -0.3 is 25.4 Å². The summed E-state index contributed by atoms with van der Waals surface area (Å²) in [6.45, 7) is 1.77. The van der Waals surface area contributed by atoms with E-state index in [0.29, 0.717) is 24.8 Å². The Labute approximate surface area is 117 Å². The number of nitrogen functional groups attached to an aromatic ring is 1. The third-order valence-electron chi connectivity index (χ3n) is 3.07. The molecule has 2 rings (SSSR count). The summed E-state index contributed by atoms with van der Waals surface area (Å²) >= 11 is 0. The number of nitrogens with zero attached hydrogens (tertiary/aromatic N) is 3. The molecule has 0 saturated carbocycles. The lowest BCUT2D eigenvalue weighted by atomic mass is 10.3. The number of hydrogen-bond donors (Lipinski definition) is 2. The van der Waals surface area contributed by atoms with Crippen LogP contribution in [0.4, 0.5) is 16.4 Å². The zero-order valence-corrected chi connectivity index (χ0v) is 11.6. The van der Waals surface area contributed by atoms with Gasteiger partial charge in [0.05, 0.1) is 13.2 Å². The number of anilines is 2. The molecule has 0 aromatic carbocycles. The molecule has 1 aliphatic heterocycles. The number of ether oxygens (including phenoxy) is 2. The molecule has 20 heavy (non-hydrogen) atoms. The molecule has 1 unspecified atom stereocenters. The van der Waals surface area contributed by atoms with Crippen molar-refractivity contribution in [1.29, 1.82) is 0 Å². The minimum absolute atomic E-state index is 0.0458. The molecule has 2 heterocycles. The standard InChI is InChI=1S/C12H19N5O3/c1-19-7-10-15-9(13)5-11(16-10)17-4-3-8(6-17)14-12(18)20-2/h5,8H,3-4,6-7H2,1-2H3,(H,14,18)(H2,13,15,16). The molecule has 0 aliphatic carbocycles. The van der Waals surface area contributed by atoms with Crippen molar-refractivity contribution in [2.45, 2.75) is 19.1 Å². The molecule has 1 aromatic rings. The summed E-state index contributed by atoms with van der Waals surface area (Å²) in [6.07, 6.45) is 0.414. The molecule has 8 heteroatoms. The maximum atomic E-state index is 11.2. The average Bonchev–Trinajstić information content (AvgIpc) is 2.87. The van der Waals surface area contributed by atoms with Crippen molar-refractivity contribution in [3.05, 3.63) is 11.9 Å². The SMILES string of the molecule is COCc1nc(N)cc(N2CCC(NC(=O)OC)C2)n1. The first-order chi connectivity index (χ1) is 9.62. The molecule has 1 saturated heterocycles. The lowest BCUT2D eigenvalue weighted by Gasteiger charge is -2.18. The second kappa shape index (κ2) is 6.38. The van der Waals surface area contributed by atoms with E-state index in [9.17, 15) is 4.79 Å². The average molecular weight is 281 g/mol. The summed E-state index contributed by atoms with van der Waals surface area (Å²) in [7, 11) is 2.93. The quantitative estimate of drug-likeness (QED) is 0.809. The number of aromatic nitrogens is 2. The fourth-order valence-electron chi connectivity index (χ4n) is 2.17. The van der Waals surface area contributed by atoms with Crippen molar-refractivity contribution in [3.63, 3.8) is 0 Å². The third-order valence-corrected chi connectivity index (χ3v) is 3.07. The van der Waals surface area contributed by atoms with E-state index in [1.165, 1.54) is 7.11 Å². The van der Waals surface area contributed by atoms with Gasteiger partial charge in [0, 0.05) is 26.3 Å². The highest BCUT2D eigenvalue weighted by Crippen LogP contribution is 2.20. The molecule has 0 bridgehead atoms. The topological polar surface area (TPSA) is 103 Å². The number of carbonyl (C=O) groups is 1. The van der Waals surface area contributed by atoms with Crippen LogP contribution in [0.3, 0.4) is 0 Å². The molecule has 3 N–H and O–H groups in total. The lowest BCUT2D eigenvalue weighted by molar-refractivity contribution is 0.167. The highest BCUT2D eigenvalue weighted by molar-refractivity contribution is 5.67. The molecule has 0 spiro atoms. The minimum atomic E-state index is -0.417. The van der Waals surface area contributed by atoms with E-state index in [1.807, 2.05) is 0 Å². The van der Waals surface area contributed by atoms with Gasteiger partial charge in [-0.25, -0.2) is 14.8 Å². The maximum Gasteiger partial charge on any atom is 0.407 e. The Morgan fingerprint density at radius 1 is 1.55 bits per heavy atom. The largest absolute Gasteiger partial charge is 0.453 e. The van der Waals surface area contributed by atoms with Gasteiger partial charge in [0.15, 0.2) is 5.82 Å². The normalized spacial score (nSPS) is 18.1. The van der Waals surface area contributed by atoms with Gasteiger partial charge in [-0.05, 0) is 6.42 Å². The van der Waals surface area contributed by atoms with E-state index in [2.05, 4.69) is 24.9 Å². The van der Waals surface area contributed by atoms with Gasteiger partial charge in [-0.2, -0.15) is 0 Å². The summed E-state index contributed by atoms with van der Waals surface area (Å²) in [6, 6.07) is 1.77. The molecule has 1 atom stereocenters. The first kappa shape index (κ1) is 14.3. The Hall–Kier alpha value is -2.09. The van der Waals surface area contributed by atoms with Crippen LogP contribution in [0.15, 0.2) is 6.07 Å². The second-order valence-corrected chi connectivity index (χ2v) is 4.57. The van der Waals surface area contributed by atoms with Gasteiger partial charge in [-0.15, -0.1) is 0 Å². The molecule has 1 aliphatic rings. The van der Waals surface area contributed by atoms with Crippen LogP contribution in [0, 0.1) is 0 Å². The first-order valence-corrected chi connectivity index (χ1v) is 6.34. The van der Waals surface area contributed by atoms with Crippen molar-refractivity contribution in [2.24, 2.45) is 0 Å². The third kappa shape index (κ3) is 3.47. The Kier molecular flexibility index (Phi) is 4.57. The van der Waals surface area contributed by atoms with Crippen LogP contribution in [-0.4, -0.2) is 49.4 Å². The summed E-state index contributed by atoms with van der Waals surface area (Å²) < 4.78 is 9.61. The van der Waals surface area contributed by atoms with E-state index < -0.39 is 6.09 Å². The van der Waals surface area contributed by atoms with E-state index in [1.54, 1.807) is 13.2 Å². The number of nitrogens with one attached hydrogen (secondary N) is 1. The van der Waals surface area contributed by atoms with Crippen LogP contribution >= 0.6 is 0 Å². The summed E-state index contributed by atoms with van der Waals surface area (Å²) in [5.41, 5.74) is 5.77. The first-order valence-electron chi connectivity index (χ1n) is 6.34. The van der Waals surface area contributed by atoms with Gasteiger partial charge in [-0.1, -0.05) is 0 Å². The molecule has 110 valence electrons. The number of alkyl carbamates (subject to hydrolysis) is 1. The van der Waals surface area contributed by atoms with Crippen LogP contribution in [0.2, 0.25) is 0 Å². The van der Waals surface area contributed by atoms with Crippen molar-refractivity contribution < 1.29 is 14.3 Å². The monoisotopic (exact) mass is 281 g/mol. The molecule has 1 amide bonds. The molecule has 1 aromatic heterocycles. The van der Waals surface area contributed by atoms with E-state index in [0.717, 1.165) is 18.8 Å². The van der Waals surface area contributed by atoms with E-state index in [-0.39, 0.29) is 6.04 Å². The predicted octanol–water partition coefficient (Wildman–Crippen LogP) is 0.140. The summed E-state index contributed by atoms with van der Waals surface area (Å²) in [5, 5.41) is 2.78. The van der Waals surface area contributed by atoms with Gasteiger partial charge in [0.2, 0.25) is 0 Å². The van der Waals surface area contributed by atoms with Crippen LogP contribution in [0.5, 0.6) is 0 Å². The predicted molar refractivity (Wildman–Crippen MR) is 73.3 cm³/mol. The second-order valence-electron chi connectivity index (χ2n) is 4.57. The van der Waals surface area contributed by atoms with Crippen LogP contribution in [0.1, 0.15) is 12.2 Å². The summed E-state index contributed by atoms with van der Waals surface area (Å²) in [5.74, 6) is 1.71. The minimum Gasteiger partial charge on any atom is -0.453 e. The Balaban J connectivity index is 2.04. The molecule has 1 fully saturated rings. The maximum absolute atomic E-state index is 11.2. The fourth-order valence-corrected chi connectivity index (χ4v) is 2.17. The number of nitrogens with two attached hydrogens (primary N) is 1. The van der Waals surface area contributed by atoms with Crippen LogP contribution < -0.4 is 16.0 Å². The number of rotatable bonds is 4. The smallest absolute Gasteiger partial charge is 0.407 e. The highest BCUT2D eigenvalue weighted by atomic mass is 16.5. The number of methoxy groups -OCH3 is 2. The lowest BCUT2D eigenvalue weighted by Crippen LogP contribution is -2.37. The van der Waals surface area contributed by atoms with Crippen molar-refractivity contribution in [3.8, 4) is 0 Å². The van der Waals surface area contributed by atoms with E-state index in [4.69, 9.17) is 10.5 Å². The van der Waals surface area contributed by atoms with Crippen molar-refractivity contribution >= 4 is 17.7 Å². The van der Waals surface area contributed by atoms with Crippen LogP contribution in [0.25, 0.3) is 0 Å². The molecule has 8 nitrogen and oxygen atoms in total. The van der Waals surface area contributed by atoms with Gasteiger partial charge in [0.1, 0.15) is 18.2 Å². The summed E-state index contributed by atoms with van der Waals surface area (Å²) in [4.78, 5) is 21.7. The van der Waals surface area contributed by atoms with E-state index >= 15 is 0 Å². The van der Waals surface area contributed by atoms with Gasteiger partial charge in [-0.3, -0.25) is 0 Å². The fraction of sp³-hybridized carbons (Fsp3) is 0.583. The van der Waals surface area contributed by atoms with Gasteiger partial charge >= 0.3 is 6.09 Å². The number of amides is 1. The van der Waals surface area contributed by atoms with Crippen molar-refractivity contribution in [2.75, 3.05) is 37.9 Å². The van der Waals surface area contributed by atoms with Gasteiger partial charge in [0.25, 0.3) is 0 Å². The Morgan fingerprint density at radius 3 is 3.05 bits per heavy atom. The number of carbonyl (C=O) groups excluding carboxylic acids is 1.